The zero-order valence-electron chi connectivity index (χ0n) is 10.8. The maximum Gasteiger partial charge on any atom is 0.430 e. The van der Waals surface area contributed by atoms with Crippen molar-refractivity contribution in [2.24, 2.45) is 0 Å². The first-order valence-corrected chi connectivity index (χ1v) is 5.46. The van der Waals surface area contributed by atoms with Crippen LogP contribution in [0.2, 0.25) is 0 Å². The van der Waals surface area contributed by atoms with Gasteiger partial charge >= 0.3 is 18.3 Å². The first kappa shape index (κ1) is 17.3. The monoisotopic (exact) mass is 316 g/mol. The van der Waals surface area contributed by atoms with E-state index in [-0.39, 0.29) is 5.56 Å². The second-order valence-electron chi connectivity index (χ2n) is 4.30. The second-order valence-corrected chi connectivity index (χ2v) is 4.30. The fraction of sp³-hybridized carbons (Fsp3) is 0.417. The third kappa shape index (κ3) is 3.12. The van der Waals surface area contributed by atoms with Crippen molar-refractivity contribution < 1.29 is 41.0 Å². The highest BCUT2D eigenvalue weighted by molar-refractivity contribution is 5.70. The largest absolute Gasteiger partial charge is 0.430 e. The zero-order valence-corrected chi connectivity index (χ0v) is 10.8. The molecular formula is C12H10F6O3. The van der Waals surface area contributed by atoms with Crippen molar-refractivity contribution in [1.29, 1.82) is 0 Å². The van der Waals surface area contributed by atoms with Crippen LogP contribution in [0.25, 0.3) is 0 Å². The van der Waals surface area contributed by atoms with Crippen molar-refractivity contribution in [3.8, 4) is 5.75 Å². The van der Waals surface area contributed by atoms with E-state index in [1.807, 2.05) is 0 Å². The van der Waals surface area contributed by atoms with Gasteiger partial charge in [-0.05, 0) is 19.1 Å². The Morgan fingerprint density at radius 2 is 1.57 bits per heavy atom. The summed E-state index contributed by atoms with van der Waals surface area (Å²) in [4.78, 5) is 10.8. The van der Waals surface area contributed by atoms with Crippen molar-refractivity contribution in [2.75, 3.05) is 0 Å². The van der Waals surface area contributed by atoms with Gasteiger partial charge in [0.1, 0.15) is 5.75 Å². The lowest BCUT2D eigenvalue weighted by molar-refractivity contribution is -0.376. The number of aryl methyl sites for hydroxylation is 1. The van der Waals surface area contributed by atoms with Gasteiger partial charge in [-0.3, -0.25) is 4.79 Å². The Bertz CT molecular complexity index is 533. The number of alkyl halides is 6. The zero-order chi connectivity index (χ0) is 16.6. The topological polar surface area (TPSA) is 46.5 Å². The van der Waals surface area contributed by atoms with E-state index in [0.29, 0.717) is 6.07 Å². The molecule has 0 aromatic heterocycles. The van der Waals surface area contributed by atoms with Gasteiger partial charge in [-0.1, -0.05) is 11.6 Å². The maximum atomic E-state index is 12.8. The molecule has 0 aliphatic heterocycles. The molecule has 3 nitrogen and oxygen atoms in total. The van der Waals surface area contributed by atoms with E-state index in [2.05, 4.69) is 4.74 Å². The Morgan fingerprint density at radius 3 is 1.95 bits per heavy atom. The molecule has 1 rings (SSSR count). The summed E-state index contributed by atoms with van der Waals surface area (Å²) in [7, 11) is 0. The molecule has 0 fully saturated rings. The number of halogens is 6. The average molecular weight is 316 g/mol. The summed E-state index contributed by atoms with van der Waals surface area (Å²) in [6.45, 7) is 2.04. The Labute approximate surface area is 115 Å². The average Bonchev–Trinajstić information content (AvgIpc) is 2.26. The van der Waals surface area contributed by atoms with Crippen LogP contribution in [-0.2, 0) is 10.4 Å². The van der Waals surface area contributed by atoms with Crippen LogP contribution in [0, 0.1) is 6.92 Å². The van der Waals surface area contributed by atoms with Gasteiger partial charge in [0.2, 0.25) is 0 Å². The number of carbonyl (C=O) groups is 1. The molecule has 1 aromatic rings. The Hall–Kier alpha value is -1.77. The number of rotatable bonds is 2. The van der Waals surface area contributed by atoms with Crippen LogP contribution in [0.4, 0.5) is 26.3 Å². The van der Waals surface area contributed by atoms with E-state index in [4.69, 9.17) is 0 Å². The normalized spacial score (nSPS) is 13.2. The van der Waals surface area contributed by atoms with Crippen LogP contribution in [0.5, 0.6) is 5.75 Å². The van der Waals surface area contributed by atoms with E-state index in [0.717, 1.165) is 19.1 Å². The molecule has 21 heavy (non-hydrogen) atoms. The van der Waals surface area contributed by atoms with E-state index >= 15 is 0 Å². The summed E-state index contributed by atoms with van der Waals surface area (Å²) in [6, 6.07) is 2.38. The molecule has 1 N–H and O–H groups in total. The first-order valence-electron chi connectivity index (χ1n) is 5.46. The van der Waals surface area contributed by atoms with Gasteiger partial charge in [0.05, 0.1) is 0 Å². The maximum absolute atomic E-state index is 12.8. The van der Waals surface area contributed by atoms with Gasteiger partial charge in [-0.15, -0.1) is 0 Å². The van der Waals surface area contributed by atoms with Crippen LogP contribution in [0.3, 0.4) is 0 Å². The summed E-state index contributed by atoms with van der Waals surface area (Å²) in [5.74, 6) is -2.13. The standard InChI is InChI=1S/C12H10F6O3/c1-6-3-4-9(21-7(2)19)8(5-6)10(20,11(13,14)15)12(16,17)18/h3-5,20H,1-2H3. The van der Waals surface area contributed by atoms with E-state index in [1.54, 1.807) is 0 Å². The first-order chi connectivity index (χ1) is 9.30. The van der Waals surface area contributed by atoms with Crippen molar-refractivity contribution in [3.63, 3.8) is 0 Å². The molecule has 0 atom stereocenters. The predicted octanol–water partition coefficient (Wildman–Crippen LogP) is 3.23. The summed E-state index contributed by atoms with van der Waals surface area (Å²) >= 11 is 0. The molecule has 0 heterocycles. The summed E-state index contributed by atoms with van der Waals surface area (Å²) in [5, 5.41) is 9.33. The highest BCUT2D eigenvalue weighted by atomic mass is 19.4. The molecule has 0 unspecified atom stereocenters. The minimum absolute atomic E-state index is 0.0211. The predicted molar refractivity (Wildman–Crippen MR) is 58.5 cm³/mol. The fourth-order valence-corrected chi connectivity index (χ4v) is 1.64. The minimum atomic E-state index is -6.05. The Morgan fingerprint density at radius 1 is 1.10 bits per heavy atom. The third-order valence-corrected chi connectivity index (χ3v) is 2.60. The summed E-state index contributed by atoms with van der Waals surface area (Å²) < 4.78 is 81.3. The molecule has 0 radical (unpaired) electrons. The lowest BCUT2D eigenvalue weighted by Gasteiger charge is -2.33. The molecule has 0 amide bonds. The molecule has 0 aliphatic rings. The molecule has 0 spiro atoms. The molecule has 0 saturated heterocycles. The number of ether oxygens (including phenoxy) is 1. The Balaban J connectivity index is 3.66. The summed E-state index contributed by atoms with van der Waals surface area (Å²) in [6.07, 6.45) is -12.1. The van der Waals surface area contributed by atoms with Crippen molar-refractivity contribution in [1.82, 2.24) is 0 Å². The van der Waals surface area contributed by atoms with Crippen LogP contribution in [0.1, 0.15) is 18.1 Å². The van der Waals surface area contributed by atoms with Crippen LogP contribution < -0.4 is 4.74 Å². The van der Waals surface area contributed by atoms with Crippen LogP contribution in [-0.4, -0.2) is 23.4 Å². The van der Waals surface area contributed by atoms with E-state index in [9.17, 15) is 36.2 Å². The van der Waals surface area contributed by atoms with Gasteiger partial charge in [-0.25, -0.2) is 0 Å². The lowest BCUT2D eigenvalue weighted by atomic mass is 9.90. The molecule has 0 aliphatic carbocycles. The number of esters is 1. The van der Waals surface area contributed by atoms with Gasteiger partial charge in [0.15, 0.2) is 0 Å². The van der Waals surface area contributed by atoms with Gasteiger partial charge in [-0.2, -0.15) is 26.3 Å². The Kier molecular flexibility index (Phi) is 4.29. The molecule has 0 saturated carbocycles. The molecule has 118 valence electrons. The fourth-order valence-electron chi connectivity index (χ4n) is 1.64. The van der Waals surface area contributed by atoms with Crippen LogP contribution >= 0.6 is 0 Å². The number of benzene rings is 1. The van der Waals surface area contributed by atoms with Gasteiger partial charge in [0, 0.05) is 12.5 Å². The number of aliphatic hydroxyl groups is 1. The van der Waals surface area contributed by atoms with Gasteiger partial charge < -0.3 is 9.84 Å². The number of carbonyl (C=O) groups excluding carboxylic acids is 1. The quantitative estimate of drug-likeness (QED) is 0.518. The molecular weight excluding hydrogens is 306 g/mol. The summed E-state index contributed by atoms with van der Waals surface area (Å²) in [5.41, 5.74) is -6.71. The van der Waals surface area contributed by atoms with Crippen LogP contribution in [0.15, 0.2) is 18.2 Å². The SMILES string of the molecule is CC(=O)Oc1ccc(C)cc1C(O)(C(F)(F)F)C(F)(F)F. The highest BCUT2D eigenvalue weighted by Crippen LogP contribution is 2.52. The van der Waals surface area contributed by atoms with Crippen molar-refractivity contribution in [3.05, 3.63) is 29.3 Å². The molecule has 0 bridgehead atoms. The van der Waals surface area contributed by atoms with E-state index in [1.165, 1.54) is 6.92 Å². The third-order valence-electron chi connectivity index (χ3n) is 2.60. The second kappa shape index (κ2) is 5.21. The lowest BCUT2D eigenvalue weighted by Crippen LogP contribution is -2.54. The van der Waals surface area contributed by atoms with Crippen molar-refractivity contribution >= 4 is 5.97 Å². The number of hydrogen-bond acceptors (Lipinski definition) is 3. The minimum Gasteiger partial charge on any atom is -0.426 e. The number of hydrogen-bond donors (Lipinski definition) is 1. The van der Waals surface area contributed by atoms with Crippen molar-refractivity contribution in [2.45, 2.75) is 31.8 Å². The highest BCUT2D eigenvalue weighted by Gasteiger charge is 2.72. The molecule has 9 heteroatoms. The molecule has 1 aromatic carbocycles. The van der Waals surface area contributed by atoms with E-state index < -0.39 is 35.2 Å². The van der Waals surface area contributed by atoms with Gasteiger partial charge in [0.25, 0.3) is 5.60 Å². The smallest absolute Gasteiger partial charge is 0.426 e.